The van der Waals surface area contributed by atoms with Gasteiger partial charge in [-0.3, -0.25) is 14.9 Å². The van der Waals surface area contributed by atoms with Crippen LogP contribution < -0.4 is 15.4 Å². The second-order valence-electron chi connectivity index (χ2n) is 3.96. The third-order valence-electron chi connectivity index (χ3n) is 2.37. The van der Waals surface area contributed by atoms with Crippen molar-refractivity contribution < 1.29 is 18.1 Å². The highest BCUT2D eigenvalue weighted by atomic mass is 32.2. The summed E-state index contributed by atoms with van der Waals surface area (Å²) in [4.78, 5) is 21.5. The molecule has 0 atom stereocenters. The van der Waals surface area contributed by atoms with Crippen LogP contribution in [0.2, 0.25) is 0 Å². The van der Waals surface area contributed by atoms with Crippen molar-refractivity contribution >= 4 is 38.0 Å². The molecule has 0 aliphatic heterocycles. The zero-order valence-electron chi connectivity index (χ0n) is 11.5. The maximum absolute atomic E-state index is 12.0. The second kappa shape index (κ2) is 7.33. The Bertz CT molecular complexity index is 625. The molecule has 0 spiro atoms. The lowest BCUT2D eigenvalue weighted by Gasteiger charge is -2.05. The summed E-state index contributed by atoms with van der Waals surface area (Å²) in [6.45, 7) is 1.91. The zero-order valence-corrected chi connectivity index (χ0v) is 13.1. The van der Waals surface area contributed by atoms with E-state index in [2.05, 4.69) is 15.4 Å². The van der Waals surface area contributed by atoms with Crippen LogP contribution in [0.4, 0.5) is 10.7 Å². The number of sulfonamides is 1. The summed E-state index contributed by atoms with van der Waals surface area (Å²) in [6, 6.07) is 0.961. The van der Waals surface area contributed by atoms with Gasteiger partial charge in [0.15, 0.2) is 5.00 Å². The molecule has 21 heavy (non-hydrogen) atoms. The van der Waals surface area contributed by atoms with Gasteiger partial charge in [0.05, 0.1) is 11.5 Å². The van der Waals surface area contributed by atoms with Crippen molar-refractivity contribution in [3.63, 3.8) is 0 Å². The van der Waals surface area contributed by atoms with Gasteiger partial charge in [-0.25, -0.2) is 13.1 Å². The minimum Gasteiger partial charge on any atom is -0.374 e. The Morgan fingerprint density at radius 3 is 2.62 bits per heavy atom. The topological polar surface area (TPSA) is 130 Å². The van der Waals surface area contributed by atoms with Gasteiger partial charge in [0, 0.05) is 19.7 Å². The molecule has 0 saturated heterocycles. The zero-order chi connectivity index (χ0) is 16.0. The predicted molar refractivity (Wildman–Crippen MR) is 79.0 cm³/mol. The number of hydrogen-bond donors (Lipinski definition) is 3. The number of nitrogens with one attached hydrogen (secondary N) is 3. The average molecular weight is 336 g/mol. The SMILES string of the molecule is CCCNC(=O)CNS(=O)(=O)c1cc([N+](=O)[O-])c(NC)s1. The summed E-state index contributed by atoms with van der Waals surface area (Å²) in [5.41, 5.74) is -0.321. The molecular formula is C10H16N4O5S2. The Balaban J connectivity index is 2.83. The van der Waals surface area contributed by atoms with E-state index in [0.29, 0.717) is 6.54 Å². The number of anilines is 1. The smallest absolute Gasteiger partial charge is 0.304 e. The van der Waals surface area contributed by atoms with Crippen LogP contribution in [0.15, 0.2) is 10.3 Å². The van der Waals surface area contributed by atoms with Gasteiger partial charge in [0.2, 0.25) is 5.91 Å². The minimum atomic E-state index is -3.96. The Morgan fingerprint density at radius 1 is 1.48 bits per heavy atom. The third-order valence-corrected chi connectivity index (χ3v) is 5.39. The van der Waals surface area contributed by atoms with Crippen molar-refractivity contribution in [3.8, 4) is 0 Å². The quantitative estimate of drug-likeness (QED) is 0.468. The van der Waals surface area contributed by atoms with Crippen LogP contribution in [0.5, 0.6) is 0 Å². The molecule has 11 heteroatoms. The van der Waals surface area contributed by atoms with E-state index in [9.17, 15) is 23.3 Å². The molecule has 0 aliphatic rings. The lowest BCUT2D eigenvalue weighted by Crippen LogP contribution is -2.36. The Labute approximate surface area is 125 Å². The maximum atomic E-state index is 12.0. The highest BCUT2D eigenvalue weighted by Crippen LogP contribution is 2.36. The van der Waals surface area contributed by atoms with Crippen molar-refractivity contribution in [1.29, 1.82) is 0 Å². The van der Waals surface area contributed by atoms with Gasteiger partial charge in [-0.15, -0.1) is 0 Å². The fourth-order valence-electron chi connectivity index (χ4n) is 1.37. The standard InChI is InChI=1S/C10H16N4O5S2/c1-3-4-12-8(15)6-13-21(18,19)9-5-7(14(16)17)10(11-2)20-9/h5,11,13H,3-4,6H2,1-2H3,(H,12,15). The van der Waals surface area contributed by atoms with E-state index < -0.39 is 27.4 Å². The minimum absolute atomic E-state index is 0.135. The summed E-state index contributed by atoms with van der Waals surface area (Å²) in [7, 11) is -2.50. The van der Waals surface area contributed by atoms with E-state index in [1.54, 1.807) is 0 Å². The highest BCUT2D eigenvalue weighted by molar-refractivity contribution is 7.91. The molecule has 3 N–H and O–H groups in total. The molecule has 0 bridgehead atoms. The maximum Gasteiger partial charge on any atom is 0.304 e. The first-order chi connectivity index (χ1) is 9.81. The first kappa shape index (κ1) is 17.3. The molecule has 0 aromatic carbocycles. The molecule has 0 radical (unpaired) electrons. The Morgan fingerprint density at radius 2 is 2.14 bits per heavy atom. The van der Waals surface area contributed by atoms with Crippen LogP contribution in [0.1, 0.15) is 13.3 Å². The molecule has 1 amide bonds. The molecule has 0 fully saturated rings. The number of nitro groups is 1. The number of thiophene rings is 1. The van der Waals surface area contributed by atoms with Crippen LogP contribution in [0.25, 0.3) is 0 Å². The predicted octanol–water partition coefficient (Wildman–Crippen LogP) is 0.502. The first-order valence-corrected chi connectivity index (χ1v) is 8.34. The van der Waals surface area contributed by atoms with Crippen LogP contribution >= 0.6 is 11.3 Å². The number of carbonyl (C=O) groups is 1. The Hall–Kier alpha value is -1.72. The van der Waals surface area contributed by atoms with E-state index in [1.807, 2.05) is 6.92 Å². The summed E-state index contributed by atoms with van der Waals surface area (Å²) in [5.74, 6) is -0.458. The summed E-state index contributed by atoms with van der Waals surface area (Å²) >= 11 is 0.729. The number of carbonyl (C=O) groups excluding carboxylic acids is 1. The third kappa shape index (κ3) is 4.65. The van der Waals surface area contributed by atoms with E-state index in [1.165, 1.54) is 7.05 Å². The summed E-state index contributed by atoms with van der Waals surface area (Å²) in [6.07, 6.45) is 0.737. The van der Waals surface area contributed by atoms with Gasteiger partial charge in [0.25, 0.3) is 10.0 Å². The molecule has 0 aliphatic carbocycles. The average Bonchev–Trinajstić information content (AvgIpc) is 2.88. The molecule has 1 aromatic rings. The van der Waals surface area contributed by atoms with Gasteiger partial charge in [-0.05, 0) is 6.42 Å². The lowest BCUT2D eigenvalue weighted by atomic mass is 10.5. The number of hydrogen-bond acceptors (Lipinski definition) is 7. The van der Waals surface area contributed by atoms with Crippen molar-refractivity contribution in [2.75, 3.05) is 25.5 Å². The number of nitrogens with zero attached hydrogens (tertiary/aromatic N) is 1. The second-order valence-corrected chi connectivity index (χ2v) is 7.01. The fourth-order valence-corrected chi connectivity index (χ4v) is 3.67. The normalized spacial score (nSPS) is 11.1. The van der Waals surface area contributed by atoms with Gasteiger partial charge < -0.3 is 10.6 Å². The van der Waals surface area contributed by atoms with E-state index >= 15 is 0 Å². The molecular weight excluding hydrogens is 320 g/mol. The number of rotatable bonds is 8. The van der Waals surface area contributed by atoms with Crippen LogP contribution in [-0.4, -0.2) is 39.4 Å². The Kier molecular flexibility index (Phi) is 6.05. The number of amides is 1. The van der Waals surface area contributed by atoms with Crippen molar-refractivity contribution in [2.24, 2.45) is 0 Å². The van der Waals surface area contributed by atoms with Crippen LogP contribution in [0, 0.1) is 10.1 Å². The largest absolute Gasteiger partial charge is 0.374 e. The van der Waals surface area contributed by atoms with Gasteiger partial charge in [-0.1, -0.05) is 18.3 Å². The summed E-state index contributed by atoms with van der Waals surface area (Å²) in [5, 5.41) is 16.0. The van der Waals surface area contributed by atoms with Crippen molar-refractivity contribution in [3.05, 3.63) is 16.2 Å². The molecule has 9 nitrogen and oxygen atoms in total. The van der Waals surface area contributed by atoms with E-state index in [-0.39, 0.29) is 14.9 Å². The van der Waals surface area contributed by atoms with Gasteiger partial charge in [-0.2, -0.15) is 0 Å². The lowest BCUT2D eigenvalue weighted by molar-refractivity contribution is -0.383. The van der Waals surface area contributed by atoms with Crippen molar-refractivity contribution in [1.82, 2.24) is 10.0 Å². The molecule has 0 saturated carbocycles. The monoisotopic (exact) mass is 336 g/mol. The van der Waals surface area contributed by atoms with Crippen LogP contribution in [0.3, 0.4) is 0 Å². The first-order valence-electron chi connectivity index (χ1n) is 6.04. The molecule has 1 heterocycles. The fraction of sp³-hybridized carbons (Fsp3) is 0.500. The summed E-state index contributed by atoms with van der Waals surface area (Å²) < 4.78 is 25.9. The molecule has 1 aromatic heterocycles. The van der Waals surface area contributed by atoms with Crippen molar-refractivity contribution in [2.45, 2.75) is 17.6 Å². The van der Waals surface area contributed by atoms with E-state index in [0.717, 1.165) is 23.8 Å². The van der Waals surface area contributed by atoms with Gasteiger partial charge >= 0.3 is 5.69 Å². The van der Waals surface area contributed by atoms with Crippen LogP contribution in [-0.2, 0) is 14.8 Å². The molecule has 0 unspecified atom stereocenters. The molecule has 118 valence electrons. The molecule has 1 rings (SSSR count). The van der Waals surface area contributed by atoms with Gasteiger partial charge in [0.1, 0.15) is 4.21 Å². The van der Waals surface area contributed by atoms with E-state index in [4.69, 9.17) is 0 Å². The highest BCUT2D eigenvalue weighted by Gasteiger charge is 2.25.